The van der Waals surface area contributed by atoms with Gasteiger partial charge in [-0.3, -0.25) is 4.79 Å². The molecule has 0 aliphatic carbocycles. The highest BCUT2D eigenvalue weighted by Crippen LogP contribution is 2.16. The molecule has 0 radical (unpaired) electrons. The Morgan fingerprint density at radius 1 is 1.59 bits per heavy atom. The Hall–Kier alpha value is -0.650. The van der Waals surface area contributed by atoms with Crippen molar-refractivity contribution in [2.75, 3.05) is 40.3 Å². The van der Waals surface area contributed by atoms with Crippen molar-refractivity contribution in [1.29, 1.82) is 0 Å². The number of aliphatic hydroxyl groups is 1. The molecule has 0 aromatic heterocycles. The van der Waals surface area contributed by atoms with Crippen LogP contribution in [0.25, 0.3) is 0 Å². The number of nitrogens with zero attached hydrogens (tertiary/aromatic N) is 1. The van der Waals surface area contributed by atoms with Crippen LogP contribution in [-0.2, 0) is 4.79 Å². The summed E-state index contributed by atoms with van der Waals surface area (Å²) in [5.74, 6) is 0.496. The average molecular weight is 243 g/mol. The number of hydrogen-bond donors (Lipinski definition) is 3. The second-order valence-electron chi connectivity index (χ2n) is 5.66. The van der Waals surface area contributed by atoms with Gasteiger partial charge in [0.2, 0.25) is 5.91 Å². The van der Waals surface area contributed by atoms with Crippen LogP contribution in [0.4, 0.5) is 0 Å². The molecular weight excluding hydrogens is 218 g/mol. The molecule has 0 aromatic rings. The van der Waals surface area contributed by atoms with E-state index < -0.39 is 5.60 Å². The van der Waals surface area contributed by atoms with Gasteiger partial charge in [-0.25, -0.2) is 0 Å². The Balaban J connectivity index is 2.31. The first-order valence-electron chi connectivity index (χ1n) is 6.17. The lowest BCUT2D eigenvalue weighted by Crippen LogP contribution is -2.52. The lowest BCUT2D eigenvalue weighted by molar-refractivity contribution is -0.128. The summed E-state index contributed by atoms with van der Waals surface area (Å²) in [6, 6.07) is 0. The summed E-state index contributed by atoms with van der Waals surface area (Å²) in [7, 11) is 3.80. The number of amides is 1. The summed E-state index contributed by atoms with van der Waals surface area (Å²) in [5.41, 5.74) is -0.878. The molecule has 5 heteroatoms. The maximum Gasteiger partial charge on any atom is 0.223 e. The molecule has 0 saturated carbocycles. The number of carbonyl (C=O) groups is 1. The van der Waals surface area contributed by atoms with Gasteiger partial charge in [-0.1, -0.05) is 6.92 Å². The monoisotopic (exact) mass is 243 g/mol. The zero-order valence-electron chi connectivity index (χ0n) is 11.3. The number of rotatable bonds is 6. The minimum atomic E-state index is -0.878. The molecule has 1 fully saturated rings. The maximum atomic E-state index is 11.8. The smallest absolute Gasteiger partial charge is 0.223 e. The van der Waals surface area contributed by atoms with E-state index in [0.717, 1.165) is 13.1 Å². The molecule has 0 aromatic carbocycles. The zero-order valence-corrected chi connectivity index (χ0v) is 11.3. The van der Waals surface area contributed by atoms with Crippen LogP contribution in [0, 0.1) is 11.8 Å². The van der Waals surface area contributed by atoms with Crippen LogP contribution >= 0.6 is 0 Å². The third kappa shape index (κ3) is 4.61. The predicted octanol–water partition coefficient (Wildman–Crippen LogP) is -0.729. The Kier molecular flexibility index (Phi) is 4.91. The van der Waals surface area contributed by atoms with Gasteiger partial charge in [-0.2, -0.15) is 0 Å². The van der Waals surface area contributed by atoms with Crippen LogP contribution < -0.4 is 10.6 Å². The third-order valence-electron chi connectivity index (χ3n) is 3.23. The number of carbonyl (C=O) groups excluding carboxylic acids is 1. The number of nitrogens with one attached hydrogen (secondary N) is 2. The molecule has 0 bridgehead atoms. The van der Waals surface area contributed by atoms with Crippen molar-refractivity contribution in [2.24, 2.45) is 11.8 Å². The molecule has 1 amide bonds. The van der Waals surface area contributed by atoms with Crippen LogP contribution in [0.3, 0.4) is 0 Å². The fourth-order valence-corrected chi connectivity index (χ4v) is 2.05. The van der Waals surface area contributed by atoms with Crippen LogP contribution in [0.2, 0.25) is 0 Å². The van der Waals surface area contributed by atoms with Gasteiger partial charge in [0.1, 0.15) is 0 Å². The van der Waals surface area contributed by atoms with Gasteiger partial charge < -0.3 is 20.6 Å². The molecule has 1 rings (SSSR count). The van der Waals surface area contributed by atoms with Crippen molar-refractivity contribution in [2.45, 2.75) is 19.4 Å². The van der Waals surface area contributed by atoms with E-state index in [4.69, 9.17) is 0 Å². The van der Waals surface area contributed by atoms with Gasteiger partial charge in [-0.05, 0) is 40.0 Å². The van der Waals surface area contributed by atoms with E-state index >= 15 is 0 Å². The van der Waals surface area contributed by atoms with Crippen LogP contribution in [0.1, 0.15) is 13.8 Å². The van der Waals surface area contributed by atoms with Crippen LogP contribution in [0.15, 0.2) is 0 Å². The minimum Gasteiger partial charge on any atom is -0.387 e. The molecule has 1 aliphatic rings. The van der Waals surface area contributed by atoms with Crippen molar-refractivity contribution in [3.8, 4) is 0 Å². The Morgan fingerprint density at radius 2 is 2.18 bits per heavy atom. The van der Waals surface area contributed by atoms with E-state index in [0.29, 0.717) is 19.0 Å². The molecule has 17 heavy (non-hydrogen) atoms. The highest BCUT2D eigenvalue weighted by molar-refractivity contribution is 5.78. The van der Waals surface area contributed by atoms with E-state index in [2.05, 4.69) is 10.6 Å². The van der Waals surface area contributed by atoms with Crippen molar-refractivity contribution in [3.05, 3.63) is 0 Å². The fraction of sp³-hybridized carbons (Fsp3) is 0.917. The van der Waals surface area contributed by atoms with E-state index in [1.165, 1.54) is 0 Å². The highest BCUT2D eigenvalue weighted by atomic mass is 16.3. The molecule has 0 spiro atoms. The van der Waals surface area contributed by atoms with Crippen LogP contribution in [-0.4, -0.2) is 61.8 Å². The summed E-state index contributed by atoms with van der Waals surface area (Å²) in [6.45, 7) is 6.36. The predicted molar refractivity (Wildman–Crippen MR) is 67.7 cm³/mol. The van der Waals surface area contributed by atoms with E-state index in [9.17, 15) is 9.90 Å². The summed E-state index contributed by atoms with van der Waals surface area (Å²) >= 11 is 0. The first-order valence-corrected chi connectivity index (χ1v) is 6.17. The van der Waals surface area contributed by atoms with Crippen molar-refractivity contribution in [3.63, 3.8) is 0 Å². The summed E-state index contributed by atoms with van der Waals surface area (Å²) in [4.78, 5) is 13.8. The lowest BCUT2D eigenvalue weighted by atomic mass is 9.88. The Labute approximate surface area is 104 Å². The quantitative estimate of drug-likeness (QED) is 0.575. The zero-order chi connectivity index (χ0) is 13.1. The van der Waals surface area contributed by atoms with Gasteiger partial charge in [-0.15, -0.1) is 0 Å². The second kappa shape index (κ2) is 5.80. The SMILES string of the molecule is CC(C(=O)NCC(C)(O)CN(C)C)C1CNC1. The molecule has 2 unspecified atom stereocenters. The topological polar surface area (TPSA) is 64.6 Å². The molecule has 5 nitrogen and oxygen atoms in total. The molecule has 2 atom stereocenters. The van der Waals surface area contributed by atoms with E-state index in [1.54, 1.807) is 6.92 Å². The van der Waals surface area contributed by atoms with Gasteiger partial charge in [0.05, 0.1) is 5.60 Å². The fourth-order valence-electron chi connectivity index (χ4n) is 2.05. The highest BCUT2D eigenvalue weighted by Gasteiger charge is 2.30. The second-order valence-corrected chi connectivity index (χ2v) is 5.66. The number of hydrogen-bond acceptors (Lipinski definition) is 4. The summed E-state index contributed by atoms with van der Waals surface area (Å²) < 4.78 is 0. The van der Waals surface area contributed by atoms with Crippen LogP contribution in [0.5, 0.6) is 0 Å². The average Bonchev–Trinajstić information content (AvgIpc) is 2.09. The number of likely N-dealkylation sites (N-methyl/N-ethyl adjacent to an activating group) is 1. The first kappa shape index (κ1) is 14.4. The molecule has 1 heterocycles. The molecular formula is C12H25N3O2. The molecule has 1 aliphatic heterocycles. The summed E-state index contributed by atoms with van der Waals surface area (Å²) in [6.07, 6.45) is 0. The van der Waals surface area contributed by atoms with Gasteiger partial charge >= 0.3 is 0 Å². The van der Waals surface area contributed by atoms with Crippen molar-refractivity contribution in [1.82, 2.24) is 15.5 Å². The van der Waals surface area contributed by atoms with Crippen molar-refractivity contribution >= 4 is 5.91 Å². The molecule has 1 saturated heterocycles. The maximum absolute atomic E-state index is 11.8. The van der Waals surface area contributed by atoms with E-state index in [1.807, 2.05) is 25.9 Å². The van der Waals surface area contributed by atoms with Gasteiger partial charge in [0, 0.05) is 19.0 Å². The third-order valence-corrected chi connectivity index (χ3v) is 3.23. The standard InChI is InChI=1S/C12H25N3O2/c1-9(10-5-13-6-10)11(16)14-7-12(2,17)8-15(3)4/h9-10,13,17H,5-8H2,1-4H3,(H,14,16). The van der Waals surface area contributed by atoms with Gasteiger partial charge in [0.15, 0.2) is 0 Å². The first-order chi connectivity index (χ1) is 7.82. The van der Waals surface area contributed by atoms with E-state index in [-0.39, 0.29) is 11.8 Å². The van der Waals surface area contributed by atoms with Gasteiger partial charge in [0.25, 0.3) is 0 Å². The molecule has 3 N–H and O–H groups in total. The Bertz CT molecular complexity index is 262. The molecule has 100 valence electrons. The Morgan fingerprint density at radius 3 is 2.59 bits per heavy atom. The lowest BCUT2D eigenvalue weighted by Gasteiger charge is -2.33. The summed E-state index contributed by atoms with van der Waals surface area (Å²) in [5, 5.41) is 16.0. The van der Waals surface area contributed by atoms with Crippen molar-refractivity contribution < 1.29 is 9.90 Å². The largest absolute Gasteiger partial charge is 0.387 e. The normalized spacial score (nSPS) is 21.8. The minimum absolute atomic E-state index is 0.0198.